The molecule has 0 heterocycles. The van der Waals surface area contributed by atoms with E-state index in [1.165, 1.54) is 6.07 Å². The van der Waals surface area contributed by atoms with Crippen molar-refractivity contribution < 1.29 is 27.9 Å². The average Bonchev–Trinajstić information content (AvgIpc) is 2.44. The average molecular weight is 364 g/mol. The van der Waals surface area contributed by atoms with Gasteiger partial charge in [0.15, 0.2) is 9.84 Å². The molecular weight excluding hydrogens is 346 g/mol. The van der Waals surface area contributed by atoms with E-state index in [9.17, 15) is 23.1 Å². The molecule has 1 amide bonds. The smallest absolute Gasteiger partial charge is 0.339 e. The van der Waals surface area contributed by atoms with E-state index in [1.807, 2.05) is 0 Å². The summed E-state index contributed by atoms with van der Waals surface area (Å²) >= 11 is 6.07. The van der Waals surface area contributed by atoms with E-state index in [4.69, 9.17) is 11.6 Å². The van der Waals surface area contributed by atoms with Crippen molar-refractivity contribution in [1.82, 2.24) is 5.32 Å². The summed E-state index contributed by atoms with van der Waals surface area (Å²) in [4.78, 5) is 23.8. The molecule has 0 aromatic heterocycles. The molecule has 0 aliphatic rings. The van der Waals surface area contributed by atoms with Crippen LogP contribution in [0.3, 0.4) is 0 Å². The van der Waals surface area contributed by atoms with Gasteiger partial charge in [0.2, 0.25) is 0 Å². The van der Waals surface area contributed by atoms with Crippen molar-refractivity contribution in [2.45, 2.75) is 24.3 Å². The molecule has 0 radical (unpaired) electrons. The molecule has 0 atom stereocenters. The summed E-state index contributed by atoms with van der Waals surface area (Å²) < 4.78 is 28.3. The van der Waals surface area contributed by atoms with Gasteiger partial charge in [-0.3, -0.25) is 4.79 Å². The first kappa shape index (κ1) is 19.4. The number of nitrogens with one attached hydrogen (secondary N) is 1. The summed E-state index contributed by atoms with van der Waals surface area (Å²) in [7, 11) is -2.64. The van der Waals surface area contributed by atoms with E-state index < -0.39 is 27.3 Å². The molecule has 1 rings (SSSR count). The largest absolute Gasteiger partial charge is 0.465 e. The molecular formula is C14H18ClNO6S. The van der Waals surface area contributed by atoms with Gasteiger partial charge in [-0.05, 0) is 26.0 Å². The Labute approximate surface area is 139 Å². The van der Waals surface area contributed by atoms with E-state index in [1.54, 1.807) is 13.8 Å². The topological polar surface area (TPSA) is 110 Å². The predicted octanol–water partition coefficient (Wildman–Crippen LogP) is 1.03. The van der Waals surface area contributed by atoms with Gasteiger partial charge in [-0.15, -0.1) is 0 Å². The molecule has 7 nitrogen and oxygen atoms in total. The number of halogens is 1. The van der Waals surface area contributed by atoms with Crippen molar-refractivity contribution in [2.24, 2.45) is 0 Å². The third-order valence-electron chi connectivity index (χ3n) is 2.98. The standard InChI is InChI=1S/C14H18ClNO6S/c1-14(2,7-17)16-12(18)10-9(23(4,20)21)6-5-8(11(10)15)13(19)22-3/h5-6,17H,7H2,1-4H3,(H,16,18). The summed E-state index contributed by atoms with van der Waals surface area (Å²) in [6.07, 6.45) is 0.921. The number of hydrogen-bond donors (Lipinski definition) is 2. The fourth-order valence-electron chi connectivity index (χ4n) is 1.76. The number of carbonyl (C=O) groups is 2. The maximum atomic E-state index is 12.4. The number of esters is 1. The number of amides is 1. The molecule has 0 fully saturated rings. The minimum absolute atomic E-state index is 0.131. The first-order valence-electron chi connectivity index (χ1n) is 6.49. The lowest BCUT2D eigenvalue weighted by Crippen LogP contribution is -2.46. The summed E-state index contributed by atoms with van der Waals surface area (Å²) in [5.74, 6) is -1.62. The Morgan fingerprint density at radius 1 is 1.35 bits per heavy atom. The molecule has 0 saturated heterocycles. The maximum absolute atomic E-state index is 12.4. The molecule has 0 saturated carbocycles. The van der Waals surface area contributed by atoms with Gasteiger partial charge in [-0.25, -0.2) is 13.2 Å². The van der Waals surface area contributed by atoms with Crippen LogP contribution in [0, 0.1) is 0 Å². The number of hydrogen-bond acceptors (Lipinski definition) is 6. The van der Waals surface area contributed by atoms with E-state index in [2.05, 4.69) is 10.1 Å². The Morgan fingerprint density at radius 2 is 1.91 bits per heavy atom. The first-order valence-corrected chi connectivity index (χ1v) is 8.76. The first-order chi connectivity index (χ1) is 10.4. The molecule has 2 N–H and O–H groups in total. The van der Waals surface area contributed by atoms with Crippen molar-refractivity contribution in [2.75, 3.05) is 20.0 Å². The lowest BCUT2D eigenvalue weighted by Gasteiger charge is -2.24. The molecule has 0 unspecified atom stereocenters. The Balaban J connectivity index is 3.59. The van der Waals surface area contributed by atoms with Gasteiger partial charge in [0.25, 0.3) is 5.91 Å². The zero-order valence-corrected chi connectivity index (χ0v) is 14.7. The van der Waals surface area contributed by atoms with E-state index in [-0.39, 0.29) is 27.7 Å². The van der Waals surface area contributed by atoms with Crippen LogP contribution >= 0.6 is 11.6 Å². The van der Waals surface area contributed by atoms with Crippen LogP contribution in [0.4, 0.5) is 0 Å². The molecule has 0 aliphatic heterocycles. The SMILES string of the molecule is COC(=O)c1ccc(S(C)(=O)=O)c(C(=O)NC(C)(C)CO)c1Cl. The molecule has 0 spiro atoms. The lowest BCUT2D eigenvalue weighted by atomic mass is 10.0. The van der Waals surface area contributed by atoms with Crippen LogP contribution < -0.4 is 5.32 Å². The molecule has 9 heteroatoms. The number of rotatable bonds is 5. The molecule has 128 valence electrons. The zero-order valence-electron chi connectivity index (χ0n) is 13.1. The minimum Gasteiger partial charge on any atom is -0.465 e. The van der Waals surface area contributed by atoms with Crippen LogP contribution in [-0.2, 0) is 14.6 Å². The maximum Gasteiger partial charge on any atom is 0.339 e. The third-order valence-corrected chi connectivity index (χ3v) is 4.51. The molecule has 1 aromatic rings. The van der Waals surface area contributed by atoms with Crippen LogP contribution in [0.1, 0.15) is 34.6 Å². The second-order valence-electron chi connectivity index (χ2n) is 5.56. The van der Waals surface area contributed by atoms with E-state index >= 15 is 0 Å². The second kappa shape index (κ2) is 6.86. The minimum atomic E-state index is -3.77. The third kappa shape index (κ3) is 4.43. The number of ether oxygens (including phenoxy) is 1. The van der Waals surface area contributed by atoms with Crippen molar-refractivity contribution >= 4 is 33.3 Å². The van der Waals surface area contributed by atoms with Crippen LogP contribution in [0.5, 0.6) is 0 Å². The van der Waals surface area contributed by atoms with Crippen molar-refractivity contribution in [1.29, 1.82) is 0 Å². The Morgan fingerprint density at radius 3 is 2.35 bits per heavy atom. The van der Waals surface area contributed by atoms with Gasteiger partial charge >= 0.3 is 5.97 Å². The van der Waals surface area contributed by atoms with Gasteiger partial charge < -0.3 is 15.2 Å². The van der Waals surface area contributed by atoms with Crippen LogP contribution in [-0.4, -0.2) is 50.9 Å². The normalized spacial score (nSPS) is 11.9. The monoisotopic (exact) mass is 363 g/mol. The Hall–Kier alpha value is -1.64. The van der Waals surface area contributed by atoms with E-state index in [0.717, 1.165) is 19.4 Å². The summed E-state index contributed by atoms with van der Waals surface area (Å²) in [5, 5.41) is 11.4. The number of benzene rings is 1. The van der Waals surface area contributed by atoms with Gasteiger partial charge in [0.05, 0.1) is 40.3 Å². The fourth-order valence-corrected chi connectivity index (χ4v) is 3.02. The quantitative estimate of drug-likeness (QED) is 0.756. The van der Waals surface area contributed by atoms with Crippen LogP contribution in [0.2, 0.25) is 5.02 Å². The Bertz CT molecular complexity index is 742. The fraction of sp³-hybridized carbons (Fsp3) is 0.429. The summed E-state index contributed by atoms with van der Waals surface area (Å²) in [6.45, 7) is 2.72. The molecule has 1 aromatic carbocycles. The van der Waals surface area contributed by atoms with Gasteiger partial charge in [0.1, 0.15) is 0 Å². The lowest BCUT2D eigenvalue weighted by molar-refractivity contribution is 0.0601. The molecule has 0 bridgehead atoms. The predicted molar refractivity (Wildman–Crippen MR) is 84.5 cm³/mol. The van der Waals surface area contributed by atoms with Crippen molar-refractivity contribution in [3.05, 3.63) is 28.3 Å². The van der Waals surface area contributed by atoms with Crippen molar-refractivity contribution in [3.63, 3.8) is 0 Å². The zero-order chi connectivity index (χ0) is 18.0. The van der Waals surface area contributed by atoms with Crippen LogP contribution in [0.15, 0.2) is 17.0 Å². The molecule has 0 aliphatic carbocycles. The highest BCUT2D eigenvalue weighted by molar-refractivity contribution is 7.90. The van der Waals surface area contributed by atoms with Gasteiger partial charge in [-0.1, -0.05) is 11.6 Å². The highest BCUT2D eigenvalue weighted by Gasteiger charge is 2.29. The van der Waals surface area contributed by atoms with E-state index in [0.29, 0.717) is 0 Å². The van der Waals surface area contributed by atoms with Crippen LogP contribution in [0.25, 0.3) is 0 Å². The number of methoxy groups -OCH3 is 1. The highest BCUT2D eigenvalue weighted by atomic mass is 35.5. The van der Waals surface area contributed by atoms with Gasteiger partial charge in [0, 0.05) is 6.26 Å². The number of sulfone groups is 1. The summed E-state index contributed by atoms with van der Waals surface area (Å²) in [6, 6.07) is 2.30. The Kier molecular flexibility index (Phi) is 5.79. The van der Waals surface area contributed by atoms with Gasteiger partial charge in [-0.2, -0.15) is 0 Å². The highest BCUT2D eigenvalue weighted by Crippen LogP contribution is 2.29. The second-order valence-corrected chi connectivity index (χ2v) is 7.92. The number of aliphatic hydroxyl groups is 1. The summed E-state index contributed by atoms with van der Waals surface area (Å²) in [5.41, 5.74) is -1.50. The molecule has 23 heavy (non-hydrogen) atoms. The number of aliphatic hydroxyl groups excluding tert-OH is 1. The van der Waals surface area contributed by atoms with Crippen molar-refractivity contribution in [3.8, 4) is 0 Å². The number of carbonyl (C=O) groups excluding carboxylic acids is 2.